The van der Waals surface area contributed by atoms with Gasteiger partial charge in [-0.15, -0.1) is 0 Å². The molecule has 0 heterocycles. The summed E-state index contributed by atoms with van der Waals surface area (Å²) in [4.78, 5) is 22.6. The third kappa shape index (κ3) is 2.96. The van der Waals surface area contributed by atoms with Crippen molar-refractivity contribution in [3.8, 4) is 11.8 Å². The Morgan fingerprint density at radius 1 is 0.750 bits per heavy atom. The van der Waals surface area contributed by atoms with Crippen LogP contribution in [0.25, 0.3) is 10.8 Å². The van der Waals surface area contributed by atoms with Gasteiger partial charge in [-0.1, -0.05) is 48.2 Å². The molecule has 0 saturated heterocycles. The lowest BCUT2D eigenvalue weighted by atomic mass is 10.0. The molecule has 3 aromatic carbocycles. The Morgan fingerprint density at radius 3 is 2.21 bits per heavy atom. The molecule has 4 heteroatoms. The van der Waals surface area contributed by atoms with Crippen molar-refractivity contribution in [2.24, 2.45) is 0 Å². The number of fused-ring (bicyclic) bond motifs is 1. The van der Waals surface area contributed by atoms with Crippen molar-refractivity contribution >= 4 is 22.7 Å². The first-order chi connectivity index (χ1) is 11.6. The lowest BCUT2D eigenvalue weighted by molar-refractivity contribution is 0.0651. The van der Waals surface area contributed by atoms with Crippen molar-refractivity contribution in [2.75, 3.05) is 0 Å². The van der Waals surface area contributed by atoms with E-state index in [0.717, 1.165) is 16.3 Å². The molecular formula is C20H12O4. The van der Waals surface area contributed by atoms with Crippen molar-refractivity contribution in [3.05, 3.63) is 82.9 Å². The third-order valence-electron chi connectivity index (χ3n) is 3.60. The fraction of sp³-hybridized carbons (Fsp3) is 0. The summed E-state index contributed by atoms with van der Waals surface area (Å²) in [6.07, 6.45) is 0. The Balaban J connectivity index is 2.08. The van der Waals surface area contributed by atoms with Gasteiger partial charge in [-0.05, 0) is 35.0 Å². The maximum Gasteiger partial charge on any atom is 0.337 e. The molecule has 0 fully saturated rings. The molecule has 116 valence electrons. The number of rotatable bonds is 2. The zero-order valence-electron chi connectivity index (χ0n) is 12.5. The fourth-order valence-electron chi connectivity index (χ4n) is 2.47. The van der Waals surface area contributed by atoms with E-state index in [2.05, 4.69) is 11.8 Å². The van der Waals surface area contributed by atoms with Crippen LogP contribution < -0.4 is 0 Å². The summed E-state index contributed by atoms with van der Waals surface area (Å²) in [5.41, 5.74) is 0.340. The van der Waals surface area contributed by atoms with Crippen LogP contribution in [0.1, 0.15) is 31.8 Å². The summed E-state index contributed by atoms with van der Waals surface area (Å²) in [6.45, 7) is 0. The third-order valence-corrected chi connectivity index (χ3v) is 3.60. The van der Waals surface area contributed by atoms with E-state index in [0.29, 0.717) is 0 Å². The predicted molar refractivity (Wildman–Crippen MR) is 90.3 cm³/mol. The smallest absolute Gasteiger partial charge is 0.337 e. The van der Waals surface area contributed by atoms with Gasteiger partial charge in [0.05, 0.1) is 11.1 Å². The van der Waals surface area contributed by atoms with E-state index in [1.165, 1.54) is 18.2 Å². The first kappa shape index (κ1) is 15.3. The number of benzene rings is 3. The zero-order valence-corrected chi connectivity index (χ0v) is 12.5. The predicted octanol–water partition coefficient (Wildman–Crippen LogP) is 3.64. The lowest BCUT2D eigenvalue weighted by Gasteiger charge is -2.03. The average Bonchev–Trinajstić information content (AvgIpc) is 2.59. The van der Waals surface area contributed by atoms with Crippen molar-refractivity contribution in [1.29, 1.82) is 0 Å². The number of carbonyl (C=O) groups is 2. The molecule has 4 nitrogen and oxygen atoms in total. The molecule has 0 radical (unpaired) electrons. The topological polar surface area (TPSA) is 74.6 Å². The minimum absolute atomic E-state index is 0.176. The summed E-state index contributed by atoms with van der Waals surface area (Å²) in [6, 6.07) is 17.8. The van der Waals surface area contributed by atoms with E-state index >= 15 is 0 Å². The normalized spacial score (nSPS) is 10.0. The highest BCUT2D eigenvalue weighted by atomic mass is 16.4. The molecular weight excluding hydrogens is 304 g/mol. The number of hydrogen-bond acceptors (Lipinski definition) is 2. The van der Waals surface area contributed by atoms with E-state index in [-0.39, 0.29) is 16.7 Å². The van der Waals surface area contributed by atoms with Crippen molar-refractivity contribution in [2.45, 2.75) is 0 Å². The van der Waals surface area contributed by atoms with Crippen LogP contribution in [0.5, 0.6) is 0 Å². The van der Waals surface area contributed by atoms with Crippen LogP contribution in [-0.2, 0) is 0 Å². The van der Waals surface area contributed by atoms with E-state index in [4.69, 9.17) is 5.11 Å². The molecule has 0 aromatic heterocycles. The quantitative estimate of drug-likeness (QED) is 0.708. The lowest BCUT2D eigenvalue weighted by Crippen LogP contribution is -2.10. The van der Waals surface area contributed by atoms with Crippen LogP contribution in [-0.4, -0.2) is 22.2 Å². The van der Waals surface area contributed by atoms with Gasteiger partial charge in [-0.2, -0.15) is 0 Å². The second-order valence-corrected chi connectivity index (χ2v) is 5.15. The minimum atomic E-state index is -1.31. The SMILES string of the molecule is O=C(O)c1cccc(C#Cc2ccc3ccccc3c2)c1C(=O)O. The second-order valence-electron chi connectivity index (χ2n) is 5.15. The van der Waals surface area contributed by atoms with Crippen LogP contribution in [0.3, 0.4) is 0 Å². The summed E-state index contributed by atoms with van der Waals surface area (Å²) in [5.74, 6) is 3.09. The van der Waals surface area contributed by atoms with Crippen LogP contribution in [0, 0.1) is 11.8 Å². The highest BCUT2D eigenvalue weighted by molar-refractivity contribution is 6.03. The molecule has 0 amide bonds. The molecule has 3 rings (SSSR count). The number of carboxylic acids is 2. The zero-order chi connectivity index (χ0) is 17.1. The highest BCUT2D eigenvalue weighted by Crippen LogP contribution is 2.17. The van der Waals surface area contributed by atoms with Crippen molar-refractivity contribution < 1.29 is 19.8 Å². The Kier molecular flexibility index (Phi) is 4.00. The minimum Gasteiger partial charge on any atom is -0.478 e. The van der Waals surface area contributed by atoms with Gasteiger partial charge in [0.1, 0.15) is 0 Å². The molecule has 0 spiro atoms. The maximum absolute atomic E-state index is 11.4. The van der Waals surface area contributed by atoms with Crippen molar-refractivity contribution in [1.82, 2.24) is 0 Å². The van der Waals surface area contributed by atoms with Crippen LogP contribution in [0.15, 0.2) is 60.7 Å². The van der Waals surface area contributed by atoms with Crippen LogP contribution in [0.4, 0.5) is 0 Å². The first-order valence-electron chi connectivity index (χ1n) is 7.16. The van der Waals surface area contributed by atoms with Gasteiger partial charge in [0.2, 0.25) is 0 Å². The first-order valence-corrected chi connectivity index (χ1v) is 7.16. The average molecular weight is 316 g/mol. The van der Waals surface area contributed by atoms with Gasteiger partial charge in [-0.3, -0.25) is 0 Å². The van der Waals surface area contributed by atoms with E-state index in [9.17, 15) is 14.7 Å². The van der Waals surface area contributed by atoms with E-state index < -0.39 is 11.9 Å². The maximum atomic E-state index is 11.4. The van der Waals surface area contributed by atoms with Crippen molar-refractivity contribution in [3.63, 3.8) is 0 Å². The fourth-order valence-corrected chi connectivity index (χ4v) is 2.47. The van der Waals surface area contributed by atoms with Crippen LogP contribution in [0.2, 0.25) is 0 Å². The molecule has 0 aliphatic heterocycles. The summed E-state index contributed by atoms with van der Waals surface area (Å²) in [5, 5.41) is 20.5. The standard InChI is InChI=1S/C20H12O4/c21-19(22)17-7-3-6-15(18(17)20(23)24)11-9-13-8-10-14-4-1-2-5-16(14)12-13/h1-8,10,12H,(H,21,22)(H,23,24). The highest BCUT2D eigenvalue weighted by Gasteiger charge is 2.18. The molecule has 24 heavy (non-hydrogen) atoms. The van der Waals surface area contributed by atoms with Crippen LogP contribution >= 0.6 is 0 Å². The van der Waals surface area contributed by atoms with E-state index in [1.807, 2.05) is 42.5 Å². The van der Waals surface area contributed by atoms with Gasteiger partial charge in [0, 0.05) is 11.1 Å². The number of hydrogen-bond donors (Lipinski definition) is 2. The number of aromatic carboxylic acids is 2. The van der Waals surface area contributed by atoms with Gasteiger partial charge in [0.15, 0.2) is 0 Å². The molecule has 3 aromatic rings. The van der Waals surface area contributed by atoms with Gasteiger partial charge >= 0.3 is 11.9 Å². The van der Waals surface area contributed by atoms with Gasteiger partial charge in [0.25, 0.3) is 0 Å². The summed E-state index contributed by atoms with van der Waals surface area (Å²) in [7, 11) is 0. The molecule has 0 saturated carbocycles. The monoisotopic (exact) mass is 316 g/mol. The summed E-state index contributed by atoms with van der Waals surface area (Å²) >= 11 is 0. The molecule has 0 aliphatic rings. The largest absolute Gasteiger partial charge is 0.478 e. The summed E-state index contributed by atoms with van der Waals surface area (Å²) < 4.78 is 0. The molecule has 2 N–H and O–H groups in total. The van der Waals surface area contributed by atoms with Gasteiger partial charge < -0.3 is 10.2 Å². The van der Waals surface area contributed by atoms with Gasteiger partial charge in [-0.25, -0.2) is 9.59 Å². The van der Waals surface area contributed by atoms with E-state index in [1.54, 1.807) is 0 Å². The molecule has 0 bridgehead atoms. The Labute approximate surface area is 138 Å². The Morgan fingerprint density at radius 2 is 1.50 bits per heavy atom. The molecule has 0 unspecified atom stereocenters. The molecule has 0 aliphatic carbocycles. The second kappa shape index (κ2) is 6.27. The molecule has 0 atom stereocenters. The Hall–Kier alpha value is -3.58. The Bertz CT molecular complexity index is 1020. The number of carboxylic acid groups (broad SMARTS) is 2.